The van der Waals surface area contributed by atoms with Crippen LogP contribution in [-0.4, -0.2) is 25.3 Å². The molecule has 0 saturated heterocycles. The number of halogens is 1. The molecule has 6 nitrogen and oxygen atoms in total. The van der Waals surface area contributed by atoms with Crippen LogP contribution >= 0.6 is 15.9 Å². The number of hydrogen-bond acceptors (Lipinski definition) is 5. The Morgan fingerprint density at radius 3 is 2.68 bits per heavy atom. The second-order valence-corrected chi connectivity index (χ2v) is 7.56. The number of benzene rings is 3. The van der Waals surface area contributed by atoms with Crippen molar-refractivity contribution in [2.24, 2.45) is 5.10 Å². The van der Waals surface area contributed by atoms with E-state index in [1.807, 2.05) is 62.4 Å². The van der Waals surface area contributed by atoms with Gasteiger partial charge in [-0.3, -0.25) is 4.79 Å². The Bertz CT molecular complexity index is 1280. The lowest BCUT2D eigenvalue weighted by Gasteiger charge is -2.13. The third-order valence-electron chi connectivity index (χ3n) is 4.65. The largest absolute Gasteiger partial charge is 0.490 e. The number of amides is 1. The quantitative estimate of drug-likeness (QED) is 0.263. The fourth-order valence-corrected chi connectivity index (χ4v) is 3.91. The fraction of sp³-hybridized carbons (Fsp3) is 0.167. The molecule has 0 fully saturated rings. The molecule has 3 aromatic carbocycles. The number of hydrogen-bond donors (Lipinski definition) is 1. The summed E-state index contributed by atoms with van der Waals surface area (Å²) in [6.45, 7) is 4.84. The molecule has 0 bridgehead atoms. The molecule has 158 valence electrons. The minimum absolute atomic E-state index is 0.200. The fourth-order valence-electron chi connectivity index (χ4n) is 3.33. The average molecular weight is 481 g/mol. The summed E-state index contributed by atoms with van der Waals surface area (Å²) in [4.78, 5) is 12.5. The molecule has 0 unspecified atom stereocenters. The topological polar surface area (TPSA) is 73.1 Å². The van der Waals surface area contributed by atoms with Crippen LogP contribution in [0.15, 0.2) is 68.6 Å². The maximum atomic E-state index is 12.5. The van der Waals surface area contributed by atoms with Gasteiger partial charge in [0.2, 0.25) is 0 Å². The summed E-state index contributed by atoms with van der Waals surface area (Å²) in [5, 5.41) is 7.09. The smallest absolute Gasteiger partial charge is 0.307 e. The van der Waals surface area contributed by atoms with Gasteiger partial charge < -0.3 is 13.9 Å². The van der Waals surface area contributed by atoms with Crippen molar-refractivity contribution in [3.63, 3.8) is 0 Å². The van der Waals surface area contributed by atoms with Crippen LogP contribution in [0.3, 0.4) is 0 Å². The minimum atomic E-state index is -0.424. The first-order chi connectivity index (χ1) is 15.1. The van der Waals surface area contributed by atoms with Crippen molar-refractivity contribution in [1.82, 2.24) is 5.43 Å². The lowest BCUT2D eigenvalue weighted by atomic mass is 10.1. The molecule has 0 aliphatic heterocycles. The first-order valence-corrected chi connectivity index (χ1v) is 10.7. The molecule has 1 amide bonds. The normalized spacial score (nSPS) is 11.3. The zero-order valence-corrected chi connectivity index (χ0v) is 18.7. The monoisotopic (exact) mass is 480 g/mol. The summed E-state index contributed by atoms with van der Waals surface area (Å²) >= 11 is 3.50. The van der Waals surface area contributed by atoms with E-state index in [0.717, 1.165) is 26.2 Å². The summed E-state index contributed by atoms with van der Waals surface area (Å²) in [7, 11) is 0. The molecule has 4 rings (SSSR count). The summed E-state index contributed by atoms with van der Waals surface area (Å²) in [5.74, 6) is 1.02. The van der Waals surface area contributed by atoms with Crippen molar-refractivity contribution < 1.29 is 18.7 Å². The Morgan fingerprint density at radius 2 is 1.87 bits per heavy atom. The van der Waals surface area contributed by atoms with Crippen LogP contribution < -0.4 is 14.9 Å². The number of nitrogens with one attached hydrogen (secondary N) is 1. The van der Waals surface area contributed by atoms with Crippen molar-refractivity contribution >= 4 is 49.8 Å². The zero-order chi connectivity index (χ0) is 21.8. The molecular formula is C24H21BrN2O4. The summed E-state index contributed by atoms with van der Waals surface area (Å²) in [6.07, 6.45) is 1.54. The second kappa shape index (κ2) is 9.22. The van der Waals surface area contributed by atoms with E-state index < -0.39 is 5.91 Å². The Labute approximate surface area is 188 Å². The van der Waals surface area contributed by atoms with Gasteiger partial charge in [-0.05, 0) is 70.4 Å². The Kier molecular flexibility index (Phi) is 6.23. The van der Waals surface area contributed by atoms with Gasteiger partial charge in [0.1, 0.15) is 5.58 Å². The van der Waals surface area contributed by atoms with Gasteiger partial charge in [0, 0.05) is 5.39 Å². The van der Waals surface area contributed by atoms with Gasteiger partial charge in [0.05, 0.1) is 23.9 Å². The summed E-state index contributed by atoms with van der Waals surface area (Å²) < 4.78 is 17.8. The minimum Gasteiger partial charge on any atom is -0.490 e. The highest BCUT2D eigenvalue weighted by atomic mass is 79.9. The summed E-state index contributed by atoms with van der Waals surface area (Å²) in [6, 6.07) is 17.2. The number of carbonyl (C=O) groups is 1. The van der Waals surface area contributed by atoms with E-state index >= 15 is 0 Å². The van der Waals surface area contributed by atoms with Crippen LogP contribution in [0.5, 0.6) is 11.5 Å². The average Bonchev–Trinajstić information content (AvgIpc) is 3.21. The highest BCUT2D eigenvalue weighted by Crippen LogP contribution is 2.36. The molecule has 0 saturated carbocycles. The molecule has 0 spiro atoms. The third kappa shape index (κ3) is 4.41. The Balaban J connectivity index is 1.54. The molecule has 7 heteroatoms. The number of nitrogens with zero attached hydrogens (tertiary/aromatic N) is 1. The standard InChI is InChI=1S/C24H21BrN2O4/c1-3-29-21-12-15(11-19(25)23(21)30-4-2)14-26-27-24(28)22-13-18-17-8-6-5-7-16(17)9-10-20(18)31-22/h5-14H,3-4H2,1-2H3,(H,27,28)/b26-14-. The van der Waals surface area contributed by atoms with Gasteiger partial charge in [-0.15, -0.1) is 0 Å². The third-order valence-corrected chi connectivity index (χ3v) is 5.24. The van der Waals surface area contributed by atoms with Gasteiger partial charge in [-0.1, -0.05) is 30.3 Å². The molecular weight excluding hydrogens is 460 g/mol. The number of rotatable bonds is 7. The van der Waals surface area contributed by atoms with Crippen LogP contribution in [0, 0.1) is 0 Å². The second-order valence-electron chi connectivity index (χ2n) is 6.70. The van der Waals surface area contributed by atoms with E-state index in [4.69, 9.17) is 13.9 Å². The van der Waals surface area contributed by atoms with E-state index in [2.05, 4.69) is 26.5 Å². The number of ether oxygens (including phenoxy) is 2. The molecule has 4 aromatic rings. The molecule has 1 aromatic heterocycles. The maximum Gasteiger partial charge on any atom is 0.307 e. The molecule has 0 atom stereocenters. The van der Waals surface area contributed by atoms with Crippen LogP contribution in [0.25, 0.3) is 21.7 Å². The molecule has 31 heavy (non-hydrogen) atoms. The van der Waals surface area contributed by atoms with E-state index in [1.54, 1.807) is 12.3 Å². The van der Waals surface area contributed by atoms with E-state index in [-0.39, 0.29) is 5.76 Å². The summed E-state index contributed by atoms with van der Waals surface area (Å²) in [5.41, 5.74) is 3.92. The first-order valence-electron chi connectivity index (χ1n) is 9.94. The van der Waals surface area contributed by atoms with Crippen LogP contribution in [0.1, 0.15) is 30.0 Å². The van der Waals surface area contributed by atoms with Crippen molar-refractivity contribution in [3.8, 4) is 11.5 Å². The lowest BCUT2D eigenvalue weighted by molar-refractivity contribution is 0.0929. The lowest BCUT2D eigenvalue weighted by Crippen LogP contribution is -2.16. The van der Waals surface area contributed by atoms with Gasteiger partial charge in [0.25, 0.3) is 0 Å². The van der Waals surface area contributed by atoms with Crippen molar-refractivity contribution in [1.29, 1.82) is 0 Å². The predicted octanol–water partition coefficient (Wildman–Crippen LogP) is 5.91. The highest BCUT2D eigenvalue weighted by Gasteiger charge is 2.14. The first kappa shape index (κ1) is 20.9. The SMILES string of the molecule is CCOc1cc(/C=N\NC(=O)c2cc3c(ccc4ccccc43)o2)cc(Br)c1OCC. The maximum absolute atomic E-state index is 12.5. The number of furan rings is 1. The molecule has 1 N–H and O–H groups in total. The van der Waals surface area contributed by atoms with Crippen molar-refractivity contribution in [3.05, 3.63) is 70.4 Å². The van der Waals surface area contributed by atoms with Crippen LogP contribution in [-0.2, 0) is 0 Å². The van der Waals surface area contributed by atoms with E-state index in [0.29, 0.717) is 30.3 Å². The van der Waals surface area contributed by atoms with Gasteiger partial charge >= 0.3 is 5.91 Å². The molecule has 0 radical (unpaired) electrons. The van der Waals surface area contributed by atoms with Gasteiger partial charge in [0.15, 0.2) is 17.3 Å². The Hall–Kier alpha value is -3.32. The van der Waals surface area contributed by atoms with Gasteiger partial charge in [-0.2, -0.15) is 5.10 Å². The zero-order valence-electron chi connectivity index (χ0n) is 17.1. The van der Waals surface area contributed by atoms with Gasteiger partial charge in [-0.25, -0.2) is 5.43 Å². The molecule has 0 aliphatic carbocycles. The number of carbonyl (C=O) groups excluding carboxylic acids is 1. The highest BCUT2D eigenvalue weighted by molar-refractivity contribution is 9.10. The Morgan fingerprint density at radius 1 is 1.06 bits per heavy atom. The van der Waals surface area contributed by atoms with Crippen LogP contribution in [0.4, 0.5) is 0 Å². The predicted molar refractivity (Wildman–Crippen MR) is 125 cm³/mol. The van der Waals surface area contributed by atoms with Crippen LogP contribution in [0.2, 0.25) is 0 Å². The molecule has 0 aliphatic rings. The molecule has 1 heterocycles. The van der Waals surface area contributed by atoms with Crippen molar-refractivity contribution in [2.45, 2.75) is 13.8 Å². The van der Waals surface area contributed by atoms with Crippen molar-refractivity contribution in [2.75, 3.05) is 13.2 Å². The van der Waals surface area contributed by atoms with E-state index in [1.165, 1.54) is 0 Å². The number of fused-ring (bicyclic) bond motifs is 3. The van der Waals surface area contributed by atoms with E-state index in [9.17, 15) is 4.79 Å². The number of hydrazone groups is 1.